The maximum Gasteiger partial charge on any atom is 0.261 e. The van der Waals surface area contributed by atoms with Crippen molar-refractivity contribution >= 4 is 16.7 Å². The zero-order chi connectivity index (χ0) is 20.2. The van der Waals surface area contributed by atoms with Gasteiger partial charge in [-0.25, -0.2) is 0 Å². The molecule has 0 saturated carbocycles. The van der Waals surface area contributed by atoms with Crippen molar-refractivity contribution in [1.29, 1.82) is 0 Å². The summed E-state index contributed by atoms with van der Waals surface area (Å²) in [6.07, 6.45) is 0.00332. The van der Waals surface area contributed by atoms with E-state index in [1.54, 1.807) is 0 Å². The second kappa shape index (κ2) is 8.43. The quantitative estimate of drug-likeness (QED) is 0.665. The van der Waals surface area contributed by atoms with E-state index < -0.39 is 6.10 Å². The number of fused-ring (bicyclic) bond motifs is 2. The van der Waals surface area contributed by atoms with Crippen molar-refractivity contribution in [1.82, 2.24) is 5.32 Å². The maximum atomic E-state index is 12.9. The van der Waals surface area contributed by atoms with Gasteiger partial charge in [-0.05, 0) is 42.5 Å². The van der Waals surface area contributed by atoms with E-state index in [-0.39, 0.29) is 11.9 Å². The number of rotatable bonds is 6. The molecule has 0 radical (unpaired) electrons. The molecule has 0 aliphatic carbocycles. The first kappa shape index (κ1) is 19.1. The third kappa shape index (κ3) is 4.14. The second-order valence-corrected chi connectivity index (χ2v) is 7.13. The van der Waals surface area contributed by atoms with Gasteiger partial charge in [-0.15, -0.1) is 0 Å². The van der Waals surface area contributed by atoms with Gasteiger partial charge in [0.15, 0.2) is 17.6 Å². The van der Waals surface area contributed by atoms with E-state index >= 15 is 0 Å². The Hall–Kier alpha value is -3.21. The number of benzene rings is 3. The van der Waals surface area contributed by atoms with Gasteiger partial charge < -0.3 is 19.5 Å². The van der Waals surface area contributed by atoms with E-state index in [0.717, 1.165) is 27.8 Å². The standard InChI is InChI=1S/C24H25NO4/c1-3-20(29-21-10-6-8-17-7-4-5-9-19(17)21)24(26)25-16(2)18-11-12-22-23(15-18)28-14-13-27-22/h4-12,15-16,20H,3,13-14H2,1-2H3,(H,25,26)/t16-,20+/m1/s1. The molecule has 1 amide bonds. The fourth-order valence-electron chi connectivity index (χ4n) is 3.49. The highest BCUT2D eigenvalue weighted by atomic mass is 16.6. The number of nitrogens with one attached hydrogen (secondary N) is 1. The van der Waals surface area contributed by atoms with Crippen LogP contribution in [0.5, 0.6) is 17.2 Å². The molecule has 1 aliphatic heterocycles. The summed E-state index contributed by atoms with van der Waals surface area (Å²) in [6.45, 7) is 4.99. The minimum atomic E-state index is -0.569. The fourth-order valence-corrected chi connectivity index (χ4v) is 3.49. The summed E-state index contributed by atoms with van der Waals surface area (Å²) in [5, 5.41) is 5.15. The molecule has 5 nitrogen and oxygen atoms in total. The second-order valence-electron chi connectivity index (χ2n) is 7.13. The Balaban J connectivity index is 1.47. The largest absolute Gasteiger partial charge is 0.486 e. The third-order valence-corrected chi connectivity index (χ3v) is 5.11. The first-order chi connectivity index (χ1) is 14.2. The molecule has 5 heteroatoms. The molecule has 1 heterocycles. The van der Waals surface area contributed by atoms with Crippen LogP contribution in [0.1, 0.15) is 31.9 Å². The van der Waals surface area contributed by atoms with E-state index in [0.29, 0.717) is 25.4 Å². The van der Waals surface area contributed by atoms with Crippen LogP contribution < -0.4 is 19.5 Å². The minimum Gasteiger partial charge on any atom is -0.486 e. The Morgan fingerprint density at radius 2 is 1.79 bits per heavy atom. The molecular formula is C24H25NO4. The summed E-state index contributed by atoms with van der Waals surface area (Å²) in [5.41, 5.74) is 0.961. The van der Waals surface area contributed by atoms with Crippen LogP contribution in [0, 0.1) is 0 Å². The highest BCUT2D eigenvalue weighted by Gasteiger charge is 2.22. The normalized spacial score (nSPS) is 14.8. The molecule has 0 fully saturated rings. The van der Waals surface area contributed by atoms with Crippen molar-refractivity contribution in [3.63, 3.8) is 0 Å². The average Bonchev–Trinajstić information content (AvgIpc) is 2.77. The van der Waals surface area contributed by atoms with Gasteiger partial charge in [0.2, 0.25) is 0 Å². The lowest BCUT2D eigenvalue weighted by Gasteiger charge is -2.23. The molecule has 29 heavy (non-hydrogen) atoms. The first-order valence-corrected chi connectivity index (χ1v) is 10.00. The number of carbonyl (C=O) groups excluding carboxylic acids is 1. The number of ether oxygens (including phenoxy) is 3. The number of hydrogen-bond acceptors (Lipinski definition) is 4. The smallest absolute Gasteiger partial charge is 0.261 e. The molecule has 150 valence electrons. The maximum absolute atomic E-state index is 12.9. The van der Waals surface area contributed by atoms with Gasteiger partial charge >= 0.3 is 0 Å². The Labute approximate surface area is 170 Å². The van der Waals surface area contributed by atoms with Gasteiger partial charge in [0.1, 0.15) is 19.0 Å². The van der Waals surface area contributed by atoms with Crippen molar-refractivity contribution in [2.24, 2.45) is 0 Å². The summed E-state index contributed by atoms with van der Waals surface area (Å²) in [5.74, 6) is 2.04. The van der Waals surface area contributed by atoms with Gasteiger partial charge in [-0.1, -0.05) is 49.4 Å². The SMILES string of the molecule is CC[C@H](Oc1cccc2ccccc12)C(=O)N[C@H](C)c1ccc2c(c1)OCCO2. The third-order valence-electron chi connectivity index (χ3n) is 5.11. The van der Waals surface area contributed by atoms with Crippen molar-refractivity contribution in [3.05, 3.63) is 66.2 Å². The summed E-state index contributed by atoms with van der Waals surface area (Å²) in [6, 6.07) is 19.5. The van der Waals surface area contributed by atoms with Gasteiger partial charge in [-0.3, -0.25) is 4.79 Å². The molecule has 0 aromatic heterocycles. The zero-order valence-corrected chi connectivity index (χ0v) is 16.7. The lowest BCUT2D eigenvalue weighted by atomic mass is 10.1. The molecule has 0 saturated heterocycles. The highest BCUT2D eigenvalue weighted by molar-refractivity contribution is 5.89. The Morgan fingerprint density at radius 1 is 1.03 bits per heavy atom. The molecule has 1 aliphatic rings. The van der Waals surface area contributed by atoms with Crippen LogP contribution in [0.4, 0.5) is 0 Å². The zero-order valence-electron chi connectivity index (χ0n) is 16.7. The molecule has 3 aromatic carbocycles. The summed E-state index contributed by atoms with van der Waals surface area (Å²) in [4.78, 5) is 12.9. The van der Waals surface area contributed by atoms with Gasteiger partial charge in [0.05, 0.1) is 6.04 Å². The van der Waals surface area contributed by atoms with E-state index in [9.17, 15) is 4.79 Å². The number of carbonyl (C=O) groups is 1. The van der Waals surface area contributed by atoms with Crippen LogP contribution in [-0.4, -0.2) is 25.2 Å². The summed E-state index contributed by atoms with van der Waals surface area (Å²) < 4.78 is 17.3. The van der Waals surface area contributed by atoms with Gasteiger partial charge in [0, 0.05) is 5.39 Å². The molecule has 3 aromatic rings. The van der Waals surface area contributed by atoms with E-state index in [1.165, 1.54) is 0 Å². The molecule has 1 N–H and O–H groups in total. The molecular weight excluding hydrogens is 366 g/mol. The highest BCUT2D eigenvalue weighted by Crippen LogP contribution is 2.32. The monoisotopic (exact) mass is 391 g/mol. The van der Waals surface area contributed by atoms with E-state index in [2.05, 4.69) is 5.32 Å². The van der Waals surface area contributed by atoms with Crippen LogP contribution in [0.3, 0.4) is 0 Å². The Kier molecular flexibility index (Phi) is 5.56. The molecule has 2 atom stereocenters. The van der Waals surface area contributed by atoms with Crippen LogP contribution in [0.15, 0.2) is 60.7 Å². The van der Waals surface area contributed by atoms with Crippen molar-refractivity contribution < 1.29 is 19.0 Å². The predicted molar refractivity (Wildman–Crippen MR) is 113 cm³/mol. The Bertz CT molecular complexity index is 1010. The number of amides is 1. The lowest BCUT2D eigenvalue weighted by molar-refractivity contribution is -0.128. The van der Waals surface area contributed by atoms with Gasteiger partial charge in [0.25, 0.3) is 5.91 Å². The van der Waals surface area contributed by atoms with Crippen LogP contribution >= 0.6 is 0 Å². The first-order valence-electron chi connectivity index (χ1n) is 10.00. The Morgan fingerprint density at radius 3 is 2.62 bits per heavy atom. The van der Waals surface area contributed by atoms with Crippen molar-refractivity contribution in [2.45, 2.75) is 32.4 Å². The summed E-state index contributed by atoms with van der Waals surface area (Å²) in [7, 11) is 0. The fraction of sp³-hybridized carbons (Fsp3) is 0.292. The van der Waals surface area contributed by atoms with Crippen molar-refractivity contribution in [3.8, 4) is 17.2 Å². The molecule has 4 rings (SSSR count). The topological polar surface area (TPSA) is 56.8 Å². The van der Waals surface area contributed by atoms with Gasteiger partial charge in [-0.2, -0.15) is 0 Å². The van der Waals surface area contributed by atoms with E-state index in [4.69, 9.17) is 14.2 Å². The van der Waals surface area contributed by atoms with Crippen LogP contribution in [-0.2, 0) is 4.79 Å². The lowest BCUT2D eigenvalue weighted by Crippen LogP contribution is -2.39. The molecule has 0 spiro atoms. The molecule has 0 unspecified atom stereocenters. The van der Waals surface area contributed by atoms with Crippen molar-refractivity contribution in [2.75, 3.05) is 13.2 Å². The molecule has 0 bridgehead atoms. The van der Waals surface area contributed by atoms with E-state index in [1.807, 2.05) is 74.5 Å². The predicted octanol–water partition coefficient (Wildman–Crippen LogP) is 4.65. The minimum absolute atomic E-state index is 0.136. The van der Waals surface area contributed by atoms with Crippen LogP contribution in [0.25, 0.3) is 10.8 Å². The summed E-state index contributed by atoms with van der Waals surface area (Å²) >= 11 is 0. The van der Waals surface area contributed by atoms with Crippen LogP contribution in [0.2, 0.25) is 0 Å². The number of hydrogen-bond donors (Lipinski definition) is 1. The average molecular weight is 391 g/mol.